The van der Waals surface area contributed by atoms with Gasteiger partial charge in [-0.2, -0.15) is 0 Å². The number of ether oxygens (including phenoxy) is 3. The number of amides is 1. The van der Waals surface area contributed by atoms with Crippen LogP contribution in [0.5, 0.6) is 17.2 Å². The van der Waals surface area contributed by atoms with Gasteiger partial charge in [0.05, 0.1) is 12.7 Å². The zero-order valence-corrected chi connectivity index (χ0v) is 18.9. The molecule has 0 saturated heterocycles. The molecule has 2 N–H and O–H groups in total. The van der Waals surface area contributed by atoms with Gasteiger partial charge in [0.2, 0.25) is 6.79 Å². The van der Waals surface area contributed by atoms with E-state index in [9.17, 15) is 4.79 Å². The summed E-state index contributed by atoms with van der Waals surface area (Å²) in [6, 6.07) is 13.8. The highest BCUT2D eigenvalue weighted by molar-refractivity contribution is 6.02. The van der Waals surface area contributed by atoms with Crippen LogP contribution in [0.25, 0.3) is 11.1 Å². The third-order valence-electron chi connectivity index (χ3n) is 6.05. The summed E-state index contributed by atoms with van der Waals surface area (Å²) in [4.78, 5) is 12.6. The highest BCUT2D eigenvalue weighted by atomic mass is 16.7. The second-order valence-corrected chi connectivity index (χ2v) is 8.11. The number of methoxy groups -OCH3 is 1. The summed E-state index contributed by atoms with van der Waals surface area (Å²) in [6.45, 7) is 5.04. The van der Waals surface area contributed by atoms with E-state index in [0.717, 1.165) is 71.0 Å². The first kappa shape index (κ1) is 21.8. The first-order valence-electron chi connectivity index (χ1n) is 11.1. The van der Waals surface area contributed by atoms with Crippen LogP contribution in [0.15, 0.2) is 42.5 Å². The van der Waals surface area contributed by atoms with Crippen molar-refractivity contribution in [2.24, 2.45) is 5.73 Å². The van der Waals surface area contributed by atoms with Crippen LogP contribution < -0.4 is 19.9 Å². The molecule has 2 aromatic carbocycles. The lowest BCUT2D eigenvalue weighted by Gasteiger charge is -2.14. The largest absolute Gasteiger partial charge is 0.497 e. The van der Waals surface area contributed by atoms with E-state index in [2.05, 4.69) is 11.5 Å². The Hall–Kier alpha value is -3.41. The monoisotopic (exact) mass is 434 g/mol. The molecule has 0 fully saturated rings. The summed E-state index contributed by atoms with van der Waals surface area (Å²) in [5.74, 6) is 1.89. The number of benzene rings is 2. The third-order valence-corrected chi connectivity index (χ3v) is 6.05. The number of aromatic nitrogens is 1. The summed E-state index contributed by atoms with van der Waals surface area (Å²) < 4.78 is 18.6. The lowest BCUT2D eigenvalue weighted by Crippen LogP contribution is -2.13. The quantitative estimate of drug-likeness (QED) is 0.477. The average Bonchev–Trinajstić information content (AvgIpc) is 3.37. The molecule has 1 amide bonds. The molecule has 32 heavy (non-hydrogen) atoms. The highest BCUT2D eigenvalue weighted by Crippen LogP contribution is 2.37. The van der Waals surface area contributed by atoms with E-state index in [1.54, 1.807) is 7.11 Å². The second kappa shape index (κ2) is 9.39. The molecule has 2 heterocycles. The van der Waals surface area contributed by atoms with E-state index in [1.165, 1.54) is 0 Å². The second-order valence-electron chi connectivity index (χ2n) is 8.11. The van der Waals surface area contributed by atoms with Crippen molar-refractivity contribution in [3.8, 4) is 28.4 Å². The number of hydrogen-bond donors (Lipinski definition) is 1. The van der Waals surface area contributed by atoms with Crippen molar-refractivity contribution in [2.45, 2.75) is 46.1 Å². The van der Waals surface area contributed by atoms with Crippen LogP contribution in [-0.4, -0.2) is 24.4 Å². The fourth-order valence-corrected chi connectivity index (χ4v) is 4.41. The predicted octanol–water partition coefficient (Wildman–Crippen LogP) is 5.08. The van der Waals surface area contributed by atoms with E-state index in [0.29, 0.717) is 12.1 Å². The number of unbranched alkanes of at least 4 members (excludes halogenated alkanes) is 2. The zero-order valence-electron chi connectivity index (χ0n) is 18.9. The predicted molar refractivity (Wildman–Crippen MR) is 125 cm³/mol. The zero-order chi connectivity index (χ0) is 22.7. The maximum Gasteiger partial charge on any atom is 0.251 e. The van der Waals surface area contributed by atoms with Crippen LogP contribution in [0.1, 0.15) is 53.5 Å². The molecule has 0 radical (unpaired) electrons. The molecule has 1 aliphatic rings. The lowest BCUT2D eigenvalue weighted by atomic mass is 9.97. The van der Waals surface area contributed by atoms with E-state index in [-0.39, 0.29) is 6.79 Å². The molecular weight excluding hydrogens is 404 g/mol. The Morgan fingerprint density at radius 3 is 2.53 bits per heavy atom. The maximum absolute atomic E-state index is 12.6. The van der Waals surface area contributed by atoms with Gasteiger partial charge in [-0.05, 0) is 55.2 Å². The van der Waals surface area contributed by atoms with Crippen molar-refractivity contribution in [2.75, 3.05) is 13.9 Å². The van der Waals surface area contributed by atoms with Gasteiger partial charge in [-0.3, -0.25) is 4.79 Å². The Kier molecular flexibility index (Phi) is 6.40. The van der Waals surface area contributed by atoms with Gasteiger partial charge in [-0.25, -0.2) is 0 Å². The van der Waals surface area contributed by atoms with Gasteiger partial charge in [0.25, 0.3) is 5.91 Å². The van der Waals surface area contributed by atoms with Crippen LogP contribution in [-0.2, 0) is 13.0 Å². The fourth-order valence-electron chi connectivity index (χ4n) is 4.41. The van der Waals surface area contributed by atoms with Gasteiger partial charge in [-0.15, -0.1) is 0 Å². The van der Waals surface area contributed by atoms with Crippen LogP contribution in [0.3, 0.4) is 0 Å². The van der Waals surface area contributed by atoms with Gasteiger partial charge in [-0.1, -0.05) is 38.0 Å². The van der Waals surface area contributed by atoms with Gasteiger partial charge in [0.1, 0.15) is 5.75 Å². The van der Waals surface area contributed by atoms with E-state index in [1.807, 2.05) is 49.4 Å². The first-order valence-corrected chi connectivity index (χ1v) is 11.1. The van der Waals surface area contributed by atoms with E-state index < -0.39 is 5.91 Å². The summed E-state index contributed by atoms with van der Waals surface area (Å²) in [5, 5.41) is 0. The van der Waals surface area contributed by atoms with Crippen molar-refractivity contribution in [3.63, 3.8) is 0 Å². The molecule has 0 bridgehead atoms. The summed E-state index contributed by atoms with van der Waals surface area (Å²) in [6.07, 6.45) is 4.17. The normalized spacial score (nSPS) is 12.2. The molecule has 4 rings (SSSR count). The highest BCUT2D eigenvalue weighted by Gasteiger charge is 2.25. The smallest absolute Gasteiger partial charge is 0.251 e. The molecule has 0 atom stereocenters. The molecule has 0 saturated carbocycles. The van der Waals surface area contributed by atoms with Crippen molar-refractivity contribution in [1.29, 1.82) is 0 Å². The number of nitrogens with two attached hydrogens (primary N) is 1. The summed E-state index contributed by atoms with van der Waals surface area (Å²) >= 11 is 0. The molecular formula is C26H30N2O4. The number of carbonyl (C=O) groups is 1. The molecule has 0 unspecified atom stereocenters. The third kappa shape index (κ3) is 4.17. The Bertz CT molecular complexity index is 1120. The van der Waals surface area contributed by atoms with Gasteiger partial charge in [0.15, 0.2) is 11.5 Å². The Morgan fingerprint density at radius 1 is 1.09 bits per heavy atom. The molecule has 6 nitrogen and oxygen atoms in total. The standard InChI is InChI=1S/C26H30N2O4/c1-4-5-6-7-21-25(19-9-11-20(30-3)12-10-19)24(26(27)29)17(2)28(21)15-18-8-13-22-23(14-18)32-16-31-22/h8-14H,4-7,15-16H2,1-3H3,(H2,27,29). The average molecular weight is 435 g/mol. The molecule has 0 spiro atoms. The van der Waals surface area contributed by atoms with Crippen LogP contribution in [0.2, 0.25) is 0 Å². The van der Waals surface area contributed by atoms with E-state index >= 15 is 0 Å². The van der Waals surface area contributed by atoms with Crippen molar-refractivity contribution in [3.05, 3.63) is 65.0 Å². The first-order chi connectivity index (χ1) is 15.5. The molecule has 3 aromatic rings. The van der Waals surface area contributed by atoms with Gasteiger partial charge >= 0.3 is 0 Å². The van der Waals surface area contributed by atoms with E-state index in [4.69, 9.17) is 19.9 Å². The lowest BCUT2D eigenvalue weighted by molar-refractivity contribution is 0.1000. The maximum atomic E-state index is 12.6. The van der Waals surface area contributed by atoms with Crippen molar-refractivity contribution >= 4 is 5.91 Å². The summed E-state index contributed by atoms with van der Waals surface area (Å²) in [5.41, 5.74) is 11.5. The van der Waals surface area contributed by atoms with Crippen LogP contribution >= 0.6 is 0 Å². The summed E-state index contributed by atoms with van der Waals surface area (Å²) in [7, 11) is 1.64. The Morgan fingerprint density at radius 2 is 1.84 bits per heavy atom. The number of carbonyl (C=O) groups excluding carboxylic acids is 1. The molecule has 1 aromatic heterocycles. The Balaban J connectivity index is 1.82. The van der Waals surface area contributed by atoms with Gasteiger partial charge in [0, 0.05) is 23.5 Å². The number of primary amides is 1. The van der Waals surface area contributed by atoms with Crippen molar-refractivity contribution in [1.82, 2.24) is 4.57 Å². The molecule has 168 valence electrons. The minimum absolute atomic E-state index is 0.247. The number of fused-ring (bicyclic) bond motifs is 1. The van der Waals surface area contributed by atoms with Crippen molar-refractivity contribution < 1.29 is 19.0 Å². The SMILES string of the molecule is CCCCCc1c(-c2ccc(OC)cc2)c(C(N)=O)c(C)n1Cc1ccc2c(c1)OCO2. The fraction of sp³-hybridized carbons (Fsp3) is 0.346. The number of hydrogen-bond acceptors (Lipinski definition) is 4. The van der Waals surface area contributed by atoms with Crippen LogP contribution in [0, 0.1) is 6.92 Å². The number of nitrogens with zero attached hydrogens (tertiary/aromatic N) is 1. The minimum Gasteiger partial charge on any atom is -0.497 e. The number of rotatable bonds is 9. The molecule has 6 heteroatoms. The molecule has 1 aliphatic heterocycles. The Labute approximate surface area is 188 Å². The van der Waals surface area contributed by atoms with Gasteiger partial charge < -0.3 is 24.5 Å². The molecule has 0 aliphatic carbocycles. The topological polar surface area (TPSA) is 75.7 Å². The minimum atomic E-state index is -0.408. The van der Waals surface area contributed by atoms with Crippen LogP contribution in [0.4, 0.5) is 0 Å².